The first kappa shape index (κ1) is 20.3. The van der Waals surface area contributed by atoms with Gasteiger partial charge in [0.25, 0.3) is 5.22 Å². The Balaban J connectivity index is 2.20. The number of amides is 1. The molecule has 7 heteroatoms. The first-order valence-electron chi connectivity index (χ1n) is 9.01. The summed E-state index contributed by atoms with van der Waals surface area (Å²) in [5.41, 5.74) is 1.46. The molecule has 2 aromatic rings. The zero-order chi connectivity index (χ0) is 19.1. The van der Waals surface area contributed by atoms with Crippen LogP contribution < -0.4 is 5.32 Å². The van der Waals surface area contributed by atoms with E-state index in [0.717, 1.165) is 31.2 Å². The second-order valence-corrected chi connectivity index (χ2v) is 7.46. The Hall–Kier alpha value is -2.02. The van der Waals surface area contributed by atoms with E-state index in [1.165, 1.54) is 18.7 Å². The normalized spacial score (nSPS) is 14.7. The van der Waals surface area contributed by atoms with Gasteiger partial charge in [-0.3, -0.25) is 9.59 Å². The maximum atomic E-state index is 12.3. The second-order valence-electron chi connectivity index (χ2n) is 6.37. The van der Waals surface area contributed by atoms with Crippen LogP contribution in [0.25, 0.3) is 11.1 Å². The highest BCUT2D eigenvalue weighted by Crippen LogP contribution is 2.32. The molecule has 1 heterocycles. The molecular formula is C19H26N2O4S. The van der Waals surface area contributed by atoms with Crippen LogP contribution in [0.5, 0.6) is 0 Å². The van der Waals surface area contributed by atoms with Gasteiger partial charge in [0.15, 0.2) is 5.58 Å². The molecule has 1 aromatic heterocycles. The molecule has 0 radical (unpaired) electrons. The summed E-state index contributed by atoms with van der Waals surface area (Å²) in [5.74, 6) is -2.50. The Morgan fingerprint density at radius 1 is 1.31 bits per heavy atom. The van der Waals surface area contributed by atoms with Gasteiger partial charge in [0, 0.05) is 0 Å². The molecule has 6 nitrogen and oxygen atoms in total. The van der Waals surface area contributed by atoms with Crippen LogP contribution in [0.15, 0.2) is 33.9 Å². The van der Waals surface area contributed by atoms with Crippen molar-refractivity contribution < 1.29 is 19.1 Å². The molecule has 1 aromatic carbocycles. The van der Waals surface area contributed by atoms with E-state index < -0.39 is 17.8 Å². The minimum Gasteiger partial charge on any atom is -0.481 e. The summed E-state index contributed by atoms with van der Waals surface area (Å²) in [4.78, 5) is 27.9. The summed E-state index contributed by atoms with van der Waals surface area (Å²) in [6.07, 6.45) is 3.94. The Morgan fingerprint density at radius 2 is 2.04 bits per heavy atom. The molecule has 2 N–H and O–H groups in total. The summed E-state index contributed by atoms with van der Waals surface area (Å²) in [7, 11) is 0. The van der Waals surface area contributed by atoms with Crippen molar-refractivity contribution in [3.63, 3.8) is 0 Å². The van der Waals surface area contributed by atoms with Crippen molar-refractivity contribution in [2.75, 3.05) is 0 Å². The summed E-state index contributed by atoms with van der Waals surface area (Å²) in [5, 5.41) is 12.2. The van der Waals surface area contributed by atoms with Crippen LogP contribution in [-0.2, 0) is 9.59 Å². The van der Waals surface area contributed by atoms with Gasteiger partial charge in [-0.2, -0.15) is 0 Å². The molecule has 0 bridgehead atoms. The van der Waals surface area contributed by atoms with E-state index in [0.29, 0.717) is 10.8 Å². The third-order valence-corrected chi connectivity index (χ3v) is 5.56. The maximum absolute atomic E-state index is 12.3. The fraction of sp³-hybridized carbons (Fsp3) is 0.526. The van der Waals surface area contributed by atoms with Gasteiger partial charge in [0.1, 0.15) is 11.4 Å². The molecule has 0 saturated heterocycles. The minimum absolute atomic E-state index is 0.208. The lowest BCUT2D eigenvalue weighted by molar-refractivity contribution is -0.146. The summed E-state index contributed by atoms with van der Waals surface area (Å²) in [6, 6.07) is 7.49. The van der Waals surface area contributed by atoms with E-state index in [2.05, 4.69) is 24.1 Å². The number of hydrogen-bond acceptors (Lipinski definition) is 5. The summed E-state index contributed by atoms with van der Waals surface area (Å²) < 4.78 is 5.77. The number of aromatic nitrogens is 1. The van der Waals surface area contributed by atoms with Crippen molar-refractivity contribution in [1.82, 2.24) is 10.3 Å². The fourth-order valence-electron chi connectivity index (χ4n) is 2.67. The largest absolute Gasteiger partial charge is 0.481 e. The molecule has 0 aliphatic rings. The van der Waals surface area contributed by atoms with Crippen LogP contribution in [-0.4, -0.2) is 27.3 Å². The third kappa shape index (κ3) is 5.24. The van der Waals surface area contributed by atoms with Gasteiger partial charge in [-0.05, 0) is 43.2 Å². The van der Waals surface area contributed by atoms with Crippen molar-refractivity contribution in [1.29, 1.82) is 0 Å². The first-order chi connectivity index (χ1) is 12.5. The molecule has 1 amide bonds. The van der Waals surface area contributed by atoms with Gasteiger partial charge in [0.2, 0.25) is 5.91 Å². The third-order valence-electron chi connectivity index (χ3n) is 4.43. The van der Waals surface area contributed by atoms with Gasteiger partial charge in [0.05, 0.1) is 5.37 Å². The first-order valence-corrected chi connectivity index (χ1v) is 9.89. The number of carboxylic acids is 1. The summed E-state index contributed by atoms with van der Waals surface area (Å²) >= 11 is 1.35. The number of oxazole rings is 1. The lowest BCUT2D eigenvalue weighted by Gasteiger charge is -2.26. The molecule has 142 valence electrons. The number of carbonyl (C=O) groups is 2. The quantitative estimate of drug-likeness (QED) is 0.364. The average molecular weight is 378 g/mol. The van der Waals surface area contributed by atoms with Crippen LogP contribution in [0.2, 0.25) is 0 Å². The van der Waals surface area contributed by atoms with Crippen LogP contribution in [0.1, 0.15) is 46.5 Å². The van der Waals surface area contributed by atoms with Crippen molar-refractivity contribution >= 4 is 34.7 Å². The second kappa shape index (κ2) is 9.62. The number of aliphatic carboxylic acids is 1. The van der Waals surface area contributed by atoms with Gasteiger partial charge in [-0.25, -0.2) is 4.98 Å². The highest BCUT2D eigenvalue weighted by molar-refractivity contribution is 7.99. The van der Waals surface area contributed by atoms with Crippen molar-refractivity contribution in [3.05, 3.63) is 24.3 Å². The van der Waals surface area contributed by atoms with Crippen LogP contribution in [0.3, 0.4) is 0 Å². The lowest BCUT2D eigenvalue weighted by Crippen LogP contribution is -2.42. The van der Waals surface area contributed by atoms with Gasteiger partial charge in [-0.1, -0.05) is 45.2 Å². The number of benzene rings is 1. The molecule has 0 saturated carbocycles. The predicted molar refractivity (Wildman–Crippen MR) is 102 cm³/mol. The monoisotopic (exact) mass is 378 g/mol. The van der Waals surface area contributed by atoms with Gasteiger partial charge < -0.3 is 14.8 Å². The molecular weight excluding hydrogens is 352 g/mol. The topological polar surface area (TPSA) is 92.4 Å². The van der Waals surface area contributed by atoms with Gasteiger partial charge in [-0.15, -0.1) is 0 Å². The number of para-hydroxylation sites is 2. The predicted octanol–water partition coefficient (Wildman–Crippen LogP) is 4.30. The highest BCUT2D eigenvalue weighted by Gasteiger charge is 2.29. The van der Waals surface area contributed by atoms with E-state index in [9.17, 15) is 9.59 Å². The molecule has 0 aliphatic carbocycles. The zero-order valence-corrected chi connectivity index (χ0v) is 16.2. The number of nitrogens with zero attached hydrogens (tertiary/aromatic N) is 1. The SMILES string of the molecule is CCCCC(CC)C(NC(=O)C(C)C(=O)O)Sc1nc2ccccc2o1. The Morgan fingerprint density at radius 3 is 2.65 bits per heavy atom. The van der Waals surface area contributed by atoms with E-state index in [1.54, 1.807) is 0 Å². The molecule has 3 atom stereocenters. The van der Waals surface area contributed by atoms with E-state index >= 15 is 0 Å². The number of nitrogens with one attached hydrogen (secondary N) is 1. The molecule has 26 heavy (non-hydrogen) atoms. The van der Waals surface area contributed by atoms with Crippen molar-refractivity contribution in [2.45, 2.75) is 57.1 Å². The van der Waals surface area contributed by atoms with Crippen LogP contribution >= 0.6 is 11.8 Å². The van der Waals surface area contributed by atoms with Crippen molar-refractivity contribution in [2.24, 2.45) is 11.8 Å². The minimum atomic E-state index is -1.13. The van der Waals surface area contributed by atoms with Crippen LogP contribution in [0.4, 0.5) is 0 Å². The molecule has 0 aliphatic heterocycles. The Labute approximate surface area is 157 Å². The molecule has 3 unspecified atom stereocenters. The number of rotatable bonds is 10. The number of carbonyl (C=O) groups excluding carboxylic acids is 1. The van der Waals surface area contributed by atoms with E-state index in [-0.39, 0.29) is 11.3 Å². The van der Waals surface area contributed by atoms with Gasteiger partial charge >= 0.3 is 5.97 Å². The fourth-order valence-corrected chi connectivity index (χ4v) is 3.87. The zero-order valence-electron chi connectivity index (χ0n) is 15.4. The van der Waals surface area contributed by atoms with E-state index in [4.69, 9.17) is 9.52 Å². The summed E-state index contributed by atoms with van der Waals surface area (Å²) in [6.45, 7) is 5.60. The highest BCUT2D eigenvalue weighted by atomic mass is 32.2. The standard InChI is InChI=1S/C19H26N2O4S/c1-4-6-9-13(5-2)17(21-16(22)12(3)18(23)24)26-19-20-14-10-7-8-11-15(14)25-19/h7-8,10-13,17H,4-6,9H2,1-3H3,(H,21,22)(H,23,24). The molecule has 0 fully saturated rings. The number of carboxylic acid groups (broad SMARTS) is 1. The smallest absolute Gasteiger partial charge is 0.315 e. The number of hydrogen-bond donors (Lipinski definition) is 2. The lowest BCUT2D eigenvalue weighted by atomic mass is 9.98. The van der Waals surface area contributed by atoms with Crippen LogP contribution in [0, 0.1) is 11.8 Å². The number of thioether (sulfide) groups is 1. The molecule has 0 spiro atoms. The Bertz CT molecular complexity index is 713. The molecule has 2 rings (SSSR count). The van der Waals surface area contributed by atoms with Crippen molar-refractivity contribution in [3.8, 4) is 0 Å². The maximum Gasteiger partial charge on any atom is 0.315 e. The number of unbranched alkanes of at least 4 members (excludes halogenated alkanes) is 1. The average Bonchev–Trinajstić information content (AvgIpc) is 3.03. The number of fused-ring (bicyclic) bond motifs is 1. The van der Waals surface area contributed by atoms with E-state index in [1.807, 2.05) is 24.3 Å². The Kier molecular flexibility index (Phi) is 7.50.